The number of amidine groups is 1. The van der Waals surface area contributed by atoms with Gasteiger partial charge in [-0.25, -0.2) is 9.58 Å². The highest BCUT2D eigenvalue weighted by Crippen LogP contribution is 2.35. The number of methoxy groups -OCH3 is 1. The molecule has 1 aliphatic rings. The van der Waals surface area contributed by atoms with Crippen molar-refractivity contribution < 1.29 is 9.53 Å². The number of nitrogens with zero attached hydrogens (tertiary/aromatic N) is 3. The molecule has 0 bridgehead atoms. The molecular weight excluding hydrogens is 400 g/mol. The van der Waals surface area contributed by atoms with Crippen LogP contribution >= 0.6 is 11.8 Å². The minimum atomic E-state index is -0.383. The van der Waals surface area contributed by atoms with Gasteiger partial charge in [-0.05, 0) is 54.6 Å². The normalized spacial score (nSPS) is 15.3. The number of rotatable bonds is 4. The van der Waals surface area contributed by atoms with E-state index < -0.39 is 0 Å². The van der Waals surface area contributed by atoms with Crippen molar-refractivity contribution in [2.45, 2.75) is 6.92 Å². The molecule has 0 unspecified atom stereocenters. The maximum atomic E-state index is 13.2. The summed E-state index contributed by atoms with van der Waals surface area (Å²) in [4.78, 5) is 27.9. The maximum Gasteiger partial charge on any atom is 0.296 e. The first-order valence-electron chi connectivity index (χ1n) is 9.23. The highest BCUT2D eigenvalue weighted by molar-refractivity contribution is 8.19. The van der Waals surface area contributed by atoms with Crippen LogP contribution in [0.2, 0.25) is 0 Å². The fraction of sp³-hybridized carbons (Fsp3) is 0.136. The Morgan fingerprint density at radius 2 is 1.70 bits per heavy atom. The molecule has 0 radical (unpaired) electrons. The Morgan fingerprint density at radius 3 is 2.33 bits per heavy atom. The molecule has 2 aromatic carbocycles. The highest BCUT2D eigenvalue weighted by atomic mass is 32.2. The molecule has 4 rings (SSSR count). The third-order valence-corrected chi connectivity index (χ3v) is 5.87. The molecule has 7 nitrogen and oxygen atoms in total. The van der Waals surface area contributed by atoms with E-state index in [-0.39, 0.29) is 22.3 Å². The minimum Gasteiger partial charge on any atom is -0.497 e. The van der Waals surface area contributed by atoms with Crippen LogP contribution in [0.3, 0.4) is 0 Å². The summed E-state index contributed by atoms with van der Waals surface area (Å²) in [6.45, 7) is 1.77. The second-order valence-electron chi connectivity index (χ2n) is 6.74. The van der Waals surface area contributed by atoms with Gasteiger partial charge in [-0.15, -0.1) is 0 Å². The third kappa shape index (κ3) is 3.25. The van der Waals surface area contributed by atoms with Gasteiger partial charge in [-0.2, -0.15) is 0 Å². The van der Waals surface area contributed by atoms with E-state index in [2.05, 4.69) is 0 Å². The molecule has 1 aromatic heterocycles. The molecule has 1 aliphatic heterocycles. The van der Waals surface area contributed by atoms with E-state index in [0.29, 0.717) is 16.3 Å². The van der Waals surface area contributed by atoms with Crippen LogP contribution in [0.1, 0.15) is 11.3 Å². The molecule has 1 N–H and O–H groups in total. The van der Waals surface area contributed by atoms with Crippen LogP contribution in [0.15, 0.2) is 64.3 Å². The summed E-state index contributed by atoms with van der Waals surface area (Å²) >= 11 is 1.04. The molecule has 1 fully saturated rings. The topological polar surface area (TPSA) is 80.3 Å². The van der Waals surface area contributed by atoms with Crippen LogP contribution in [-0.4, -0.2) is 27.5 Å². The van der Waals surface area contributed by atoms with Crippen LogP contribution in [0.5, 0.6) is 5.75 Å². The lowest BCUT2D eigenvalue weighted by Gasteiger charge is -2.12. The predicted octanol–water partition coefficient (Wildman–Crippen LogP) is 3.55. The molecule has 0 aliphatic carbocycles. The fourth-order valence-corrected chi connectivity index (χ4v) is 4.20. The molecule has 1 amide bonds. The largest absolute Gasteiger partial charge is 0.497 e. The zero-order valence-corrected chi connectivity index (χ0v) is 17.6. The van der Waals surface area contributed by atoms with Crippen molar-refractivity contribution in [3.05, 3.63) is 81.1 Å². The van der Waals surface area contributed by atoms with E-state index in [1.807, 2.05) is 42.5 Å². The number of nitrogens with one attached hydrogen (secondary N) is 1. The minimum absolute atomic E-state index is 0.00535. The number of aromatic nitrogens is 2. The molecule has 30 heavy (non-hydrogen) atoms. The predicted molar refractivity (Wildman–Crippen MR) is 120 cm³/mol. The second kappa shape index (κ2) is 7.72. The average molecular weight is 420 g/mol. The number of ether oxygens (including phenoxy) is 1. The molecular formula is C22H20N4O3S. The quantitative estimate of drug-likeness (QED) is 0.655. The molecule has 0 atom stereocenters. The summed E-state index contributed by atoms with van der Waals surface area (Å²) in [6.07, 6.45) is 1.72. The van der Waals surface area contributed by atoms with Gasteiger partial charge in [0.15, 0.2) is 5.17 Å². The highest BCUT2D eigenvalue weighted by Gasteiger charge is 2.37. The number of carbonyl (C=O) groups is 1. The van der Waals surface area contributed by atoms with Gasteiger partial charge in [0, 0.05) is 7.05 Å². The summed E-state index contributed by atoms with van der Waals surface area (Å²) in [5, 5.41) is 8.37. The number of hydrogen-bond donors (Lipinski definition) is 1. The first-order chi connectivity index (χ1) is 14.4. The smallest absolute Gasteiger partial charge is 0.296 e. The Kier molecular flexibility index (Phi) is 5.09. The van der Waals surface area contributed by atoms with Crippen LogP contribution < -0.4 is 15.2 Å². The van der Waals surface area contributed by atoms with E-state index in [1.165, 1.54) is 9.58 Å². The lowest BCUT2D eigenvalue weighted by molar-refractivity contribution is -0.113. The molecule has 0 saturated carbocycles. The number of anilines is 1. The Bertz CT molecular complexity index is 1220. The summed E-state index contributed by atoms with van der Waals surface area (Å²) < 4.78 is 8.35. The number of benzene rings is 2. The standard InChI is InChI=1S/C22H20N4O3S/c1-14-19(21(28)26(24(14)2)16-7-5-4-6-8-16)25-20(27)18(30-22(25)23)13-15-9-11-17(29-3)12-10-15/h4-13,23H,1-3H3. The van der Waals surface area contributed by atoms with Gasteiger partial charge in [0.1, 0.15) is 11.4 Å². The van der Waals surface area contributed by atoms with Crippen molar-refractivity contribution in [3.8, 4) is 11.4 Å². The fourth-order valence-electron chi connectivity index (χ4n) is 3.35. The van der Waals surface area contributed by atoms with E-state index >= 15 is 0 Å². The van der Waals surface area contributed by atoms with Gasteiger partial charge < -0.3 is 4.74 Å². The van der Waals surface area contributed by atoms with Gasteiger partial charge in [0.2, 0.25) is 0 Å². The van der Waals surface area contributed by atoms with Crippen molar-refractivity contribution in [1.29, 1.82) is 5.41 Å². The molecule has 8 heteroatoms. The number of hydrogen-bond acceptors (Lipinski definition) is 5. The summed E-state index contributed by atoms with van der Waals surface area (Å²) in [5.41, 5.74) is 1.97. The maximum absolute atomic E-state index is 13.2. The van der Waals surface area contributed by atoms with Crippen LogP contribution in [0.4, 0.5) is 5.69 Å². The monoisotopic (exact) mass is 420 g/mol. The Hall–Kier alpha value is -3.52. The molecule has 152 valence electrons. The van der Waals surface area contributed by atoms with Gasteiger partial charge in [0.25, 0.3) is 11.5 Å². The Balaban J connectivity index is 1.75. The zero-order valence-electron chi connectivity index (χ0n) is 16.7. The number of amides is 1. The number of thioether (sulfide) groups is 1. The van der Waals surface area contributed by atoms with Crippen LogP contribution in [0.25, 0.3) is 11.8 Å². The zero-order chi connectivity index (χ0) is 21.4. The third-order valence-electron chi connectivity index (χ3n) is 4.98. The number of carbonyl (C=O) groups excluding carboxylic acids is 1. The van der Waals surface area contributed by atoms with Gasteiger partial charge >= 0.3 is 0 Å². The first kappa shape index (κ1) is 19.8. The summed E-state index contributed by atoms with van der Waals surface area (Å²) in [5.74, 6) is 0.338. The van der Waals surface area contributed by atoms with Crippen molar-refractivity contribution in [3.63, 3.8) is 0 Å². The van der Waals surface area contributed by atoms with E-state index in [4.69, 9.17) is 10.1 Å². The second-order valence-corrected chi connectivity index (χ2v) is 7.77. The van der Waals surface area contributed by atoms with E-state index in [9.17, 15) is 9.59 Å². The lowest BCUT2D eigenvalue weighted by atomic mass is 10.2. The van der Waals surface area contributed by atoms with Gasteiger partial charge in [-0.1, -0.05) is 30.3 Å². The van der Waals surface area contributed by atoms with Gasteiger partial charge in [-0.3, -0.25) is 19.7 Å². The van der Waals surface area contributed by atoms with Crippen molar-refractivity contribution >= 4 is 34.6 Å². The number of para-hydroxylation sites is 1. The Labute approximate surface area is 177 Å². The summed E-state index contributed by atoms with van der Waals surface area (Å²) in [6, 6.07) is 16.5. The molecule has 1 saturated heterocycles. The van der Waals surface area contributed by atoms with Crippen molar-refractivity contribution in [2.75, 3.05) is 12.0 Å². The molecule has 2 heterocycles. The average Bonchev–Trinajstić information content (AvgIpc) is 3.14. The van der Waals surface area contributed by atoms with Crippen LogP contribution in [-0.2, 0) is 11.8 Å². The van der Waals surface area contributed by atoms with Crippen LogP contribution in [0, 0.1) is 12.3 Å². The SMILES string of the molecule is COc1ccc(C=C2SC(=N)N(c3c(C)n(C)n(-c4ccccc4)c3=O)C2=O)cc1. The van der Waals surface area contributed by atoms with Crippen molar-refractivity contribution in [2.24, 2.45) is 7.05 Å². The lowest BCUT2D eigenvalue weighted by Crippen LogP contribution is -2.33. The molecule has 3 aromatic rings. The first-order valence-corrected chi connectivity index (χ1v) is 10.0. The van der Waals surface area contributed by atoms with E-state index in [1.54, 1.807) is 44.0 Å². The van der Waals surface area contributed by atoms with E-state index in [0.717, 1.165) is 23.1 Å². The Morgan fingerprint density at radius 1 is 1.03 bits per heavy atom. The van der Waals surface area contributed by atoms with Gasteiger partial charge in [0.05, 0.1) is 23.4 Å². The van der Waals surface area contributed by atoms with Crippen molar-refractivity contribution in [1.82, 2.24) is 9.36 Å². The molecule has 0 spiro atoms. The summed E-state index contributed by atoms with van der Waals surface area (Å²) in [7, 11) is 3.35.